The molecule has 32 heavy (non-hydrogen) atoms. The standard InChI is InChI=1S/C24H30N2O6/c1-13(24-10-14-6-15(11-24)8-16(7-14)12-24)25-20(27)21(28)26-19-9-17(22(29)31-2)4-5-18(19)23(30)32-3/h4-5,9,13-16H,6-8,10-12H2,1-3H3,(H,25,27)(H,26,28). The first-order valence-electron chi connectivity index (χ1n) is 11.2. The van der Waals surface area contributed by atoms with Crippen LogP contribution in [0.15, 0.2) is 18.2 Å². The summed E-state index contributed by atoms with van der Waals surface area (Å²) in [5.74, 6) is -0.772. The number of carbonyl (C=O) groups is 4. The molecule has 4 aliphatic rings. The van der Waals surface area contributed by atoms with Gasteiger partial charge < -0.3 is 20.1 Å². The molecule has 0 aromatic heterocycles. The second kappa shape index (κ2) is 8.56. The molecule has 1 aromatic carbocycles. The predicted octanol–water partition coefficient (Wildman–Crippen LogP) is 2.92. The highest BCUT2D eigenvalue weighted by atomic mass is 16.5. The zero-order valence-corrected chi connectivity index (χ0v) is 18.7. The Morgan fingerprint density at radius 3 is 2.00 bits per heavy atom. The molecule has 1 aromatic rings. The van der Waals surface area contributed by atoms with Crippen LogP contribution in [0.4, 0.5) is 5.69 Å². The number of nitrogens with one attached hydrogen (secondary N) is 2. The summed E-state index contributed by atoms with van der Waals surface area (Å²) >= 11 is 0. The van der Waals surface area contributed by atoms with Gasteiger partial charge >= 0.3 is 23.8 Å². The van der Waals surface area contributed by atoms with Gasteiger partial charge in [0.05, 0.1) is 31.0 Å². The van der Waals surface area contributed by atoms with Gasteiger partial charge in [-0.15, -0.1) is 0 Å². The largest absolute Gasteiger partial charge is 0.465 e. The third kappa shape index (κ3) is 4.10. The molecule has 4 aliphatic carbocycles. The smallest absolute Gasteiger partial charge is 0.339 e. The Morgan fingerprint density at radius 2 is 1.47 bits per heavy atom. The zero-order valence-electron chi connectivity index (χ0n) is 18.7. The van der Waals surface area contributed by atoms with Crippen LogP contribution < -0.4 is 10.6 Å². The predicted molar refractivity (Wildman–Crippen MR) is 116 cm³/mol. The average molecular weight is 443 g/mol. The number of anilines is 1. The summed E-state index contributed by atoms with van der Waals surface area (Å²) in [5, 5.41) is 5.37. The van der Waals surface area contributed by atoms with Gasteiger partial charge in [0.2, 0.25) is 0 Å². The highest BCUT2D eigenvalue weighted by Crippen LogP contribution is 2.61. The lowest BCUT2D eigenvalue weighted by Gasteiger charge is -2.59. The molecule has 4 fully saturated rings. The third-order valence-electron chi connectivity index (χ3n) is 7.65. The van der Waals surface area contributed by atoms with E-state index in [-0.39, 0.29) is 28.3 Å². The number of benzene rings is 1. The van der Waals surface area contributed by atoms with Gasteiger partial charge in [0.1, 0.15) is 0 Å². The quantitative estimate of drug-likeness (QED) is 0.536. The lowest BCUT2D eigenvalue weighted by Crippen LogP contribution is -2.57. The fraction of sp³-hybridized carbons (Fsp3) is 0.583. The van der Waals surface area contributed by atoms with Crippen LogP contribution in [-0.4, -0.2) is 44.0 Å². The van der Waals surface area contributed by atoms with E-state index in [2.05, 4.69) is 10.6 Å². The van der Waals surface area contributed by atoms with Crippen LogP contribution in [0, 0.1) is 23.2 Å². The first-order chi connectivity index (χ1) is 15.2. The Hall–Kier alpha value is -2.90. The summed E-state index contributed by atoms with van der Waals surface area (Å²) in [6.07, 6.45) is 7.22. The Bertz CT molecular complexity index is 921. The number of methoxy groups -OCH3 is 2. The van der Waals surface area contributed by atoms with Crippen molar-refractivity contribution in [2.24, 2.45) is 23.2 Å². The average Bonchev–Trinajstić information content (AvgIpc) is 2.76. The summed E-state index contributed by atoms with van der Waals surface area (Å²) in [5.41, 5.74) is 0.253. The van der Waals surface area contributed by atoms with Crippen LogP contribution in [0.25, 0.3) is 0 Å². The summed E-state index contributed by atoms with van der Waals surface area (Å²) in [7, 11) is 2.44. The first kappa shape index (κ1) is 22.3. The van der Waals surface area contributed by atoms with Gasteiger partial charge in [0, 0.05) is 6.04 Å². The molecule has 0 saturated heterocycles. The summed E-state index contributed by atoms with van der Waals surface area (Å²) in [6.45, 7) is 2.00. The van der Waals surface area contributed by atoms with Crippen LogP contribution in [0.2, 0.25) is 0 Å². The van der Waals surface area contributed by atoms with Crippen molar-refractivity contribution < 1.29 is 28.7 Å². The number of esters is 2. The second-order valence-electron chi connectivity index (χ2n) is 9.67. The van der Waals surface area contributed by atoms with Crippen LogP contribution in [0.3, 0.4) is 0 Å². The molecule has 4 bridgehead atoms. The second-order valence-corrected chi connectivity index (χ2v) is 9.67. The third-order valence-corrected chi connectivity index (χ3v) is 7.65. The van der Waals surface area contributed by atoms with Crippen molar-refractivity contribution in [2.45, 2.75) is 51.5 Å². The molecule has 1 unspecified atom stereocenters. The van der Waals surface area contributed by atoms with E-state index in [9.17, 15) is 19.2 Å². The molecule has 4 saturated carbocycles. The van der Waals surface area contributed by atoms with E-state index in [0.717, 1.165) is 37.0 Å². The normalized spacial score (nSPS) is 28.5. The molecule has 0 aliphatic heterocycles. The summed E-state index contributed by atoms with van der Waals surface area (Å²) < 4.78 is 9.43. The number of carbonyl (C=O) groups excluding carboxylic acids is 4. The molecule has 5 rings (SSSR count). The van der Waals surface area contributed by atoms with E-state index in [1.54, 1.807) is 0 Å². The maximum atomic E-state index is 12.7. The number of hydrogen-bond donors (Lipinski definition) is 2. The minimum Gasteiger partial charge on any atom is -0.465 e. The van der Waals surface area contributed by atoms with Gasteiger partial charge in [-0.05, 0) is 86.8 Å². The lowest BCUT2D eigenvalue weighted by molar-refractivity contribution is -0.138. The van der Waals surface area contributed by atoms with E-state index in [0.29, 0.717) is 0 Å². The van der Waals surface area contributed by atoms with Crippen LogP contribution >= 0.6 is 0 Å². The van der Waals surface area contributed by atoms with Gasteiger partial charge in [-0.25, -0.2) is 9.59 Å². The molecule has 8 heteroatoms. The molecule has 1 atom stereocenters. The summed E-state index contributed by atoms with van der Waals surface area (Å²) in [6, 6.07) is 3.92. The first-order valence-corrected chi connectivity index (χ1v) is 11.2. The van der Waals surface area contributed by atoms with Crippen LogP contribution in [0.1, 0.15) is 66.2 Å². The maximum Gasteiger partial charge on any atom is 0.339 e. The SMILES string of the molecule is COC(=O)c1ccc(C(=O)OC)c(NC(=O)C(=O)NC(C)C23CC4CC(CC(C4)C2)C3)c1. The Balaban J connectivity index is 1.47. The molecule has 2 amide bonds. The van der Waals surface area contributed by atoms with Crippen molar-refractivity contribution in [3.63, 3.8) is 0 Å². The van der Waals surface area contributed by atoms with Crippen molar-refractivity contribution in [2.75, 3.05) is 19.5 Å². The van der Waals surface area contributed by atoms with Crippen molar-refractivity contribution in [1.82, 2.24) is 5.32 Å². The van der Waals surface area contributed by atoms with Gasteiger partial charge in [-0.2, -0.15) is 0 Å². The maximum absolute atomic E-state index is 12.7. The van der Waals surface area contributed by atoms with Crippen molar-refractivity contribution in [3.05, 3.63) is 29.3 Å². The molecule has 2 N–H and O–H groups in total. The number of rotatable bonds is 5. The highest BCUT2D eigenvalue weighted by molar-refractivity contribution is 6.40. The Morgan fingerprint density at radius 1 is 0.906 bits per heavy atom. The Kier molecular flexibility index (Phi) is 5.97. The van der Waals surface area contributed by atoms with Crippen LogP contribution in [-0.2, 0) is 19.1 Å². The summed E-state index contributed by atoms with van der Waals surface area (Å²) in [4.78, 5) is 49.4. The molecule has 172 valence electrons. The van der Waals surface area contributed by atoms with E-state index in [4.69, 9.17) is 9.47 Å². The van der Waals surface area contributed by atoms with E-state index < -0.39 is 23.8 Å². The fourth-order valence-corrected chi connectivity index (χ4v) is 6.48. The van der Waals surface area contributed by atoms with Gasteiger partial charge in [0.15, 0.2) is 0 Å². The minimum atomic E-state index is -0.895. The molecular weight excluding hydrogens is 412 g/mol. The van der Waals surface area contributed by atoms with Gasteiger partial charge in [-0.1, -0.05) is 0 Å². The van der Waals surface area contributed by atoms with E-state index in [1.165, 1.54) is 51.7 Å². The number of ether oxygens (including phenoxy) is 2. The Labute approximate surface area is 187 Å². The lowest BCUT2D eigenvalue weighted by atomic mass is 9.48. The molecular formula is C24H30N2O6. The van der Waals surface area contributed by atoms with Gasteiger partial charge in [-0.3, -0.25) is 9.59 Å². The number of hydrogen-bond acceptors (Lipinski definition) is 6. The minimum absolute atomic E-state index is 0.0161. The van der Waals surface area contributed by atoms with Gasteiger partial charge in [0.25, 0.3) is 0 Å². The van der Waals surface area contributed by atoms with Crippen molar-refractivity contribution >= 4 is 29.4 Å². The van der Waals surface area contributed by atoms with E-state index in [1.807, 2.05) is 6.92 Å². The zero-order chi connectivity index (χ0) is 23.0. The molecule has 0 heterocycles. The monoisotopic (exact) mass is 442 g/mol. The topological polar surface area (TPSA) is 111 Å². The van der Waals surface area contributed by atoms with Crippen molar-refractivity contribution in [1.29, 1.82) is 0 Å². The van der Waals surface area contributed by atoms with E-state index >= 15 is 0 Å². The fourth-order valence-electron chi connectivity index (χ4n) is 6.48. The molecule has 0 radical (unpaired) electrons. The molecule has 0 spiro atoms. The molecule has 8 nitrogen and oxygen atoms in total. The number of amides is 2. The van der Waals surface area contributed by atoms with Crippen molar-refractivity contribution in [3.8, 4) is 0 Å². The highest BCUT2D eigenvalue weighted by Gasteiger charge is 2.53. The van der Waals surface area contributed by atoms with Crippen LogP contribution in [0.5, 0.6) is 0 Å².